The van der Waals surface area contributed by atoms with Crippen LogP contribution in [-0.4, -0.2) is 23.4 Å². The molecule has 0 saturated heterocycles. The predicted octanol–water partition coefficient (Wildman–Crippen LogP) is 3.69. The number of rotatable bonds is 7. The van der Waals surface area contributed by atoms with Gasteiger partial charge in [-0.1, -0.05) is 24.3 Å². The molecule has 0 saturated carbocycles. The number of hydrogen-bond acceptors (Lipinski definition) is 5. The first-order chi connectivity index (χ1) is 13.2. The van der Waals surface area contributed by atoms with Crippen molar-refractivity contribution in [2.75, 3.05) is 6.54 Å². The molecule has 2 aromatic carbocycles. The number of sulfone groups is 1. The lowest BCUT2D eigenvalue weighted by Crippen LogP contribution is -2.32. The van der Waals surface area contributed by atoms with Gasteiger partial charge in [0.15, 0.2) is 9.84 Å². The summed E-state index contributed by atoms with van der Waals surface area (Å²) in [6.07, 6.45) is 0. The Balaban J connectivity index is 1.93. The van der Waals surface area contributed by atoms with E-state index in [1.807, 2.05) is 0 Å². The number of thiophene rings is 1. The summed E-state index contributed by atoms with van der Waals surface area (Å²) in [5.74, 6) is -0.542. The molecule has 1 N–H and O–H groups in total. The molecule has 1 atom stereocenters. The van der Waals surface area contributed by atoms with Gasteiger partial charge in [0.1, 0.15) is 11.1 Å². The van der Waals surface area contributed by atoms with Crippen LogP contribution in [-0.2, 0) is 19.9 Å². The van der Waals surface area contributed by atoms with Gasteiger partial charge in [0, 0.05) is 11.4 Å². The second-order valence-electron chi connectivity index (χ2n) is 6.12. The van der Waals surface area contributed by atoms with E-state index in [-0.39, 0.29) is 21.9 Å². The zero-order valence-electron chi connectivity index (χ0n) is 14.9. The highest BCUT2D eigenvalue weighted by Crippen LogP contribution is 2.31. The Hall–Kier alpha value is -2.07. The minimum Gasteiger partial charge on any atom is -0.223 e. The van der Waals surface area contributed by atoms with E-state index in [2.05, 4.69) is 4.72 Å². The summed E-state index contributed by atoms with van der Waals surface area (Å²) >= 11 is 1.24. The monoisotopic (exact) mass is 439 g/mol. The van der Waals surface area contributed by atoms with Crippen LogP contribution in [0.5, 0.6) is 0 Å². The van der Waals surface area contributed by atoms with E-state index in [1.165, 1.54) is 36.5 Å². The van der Waals surface area contributed by atoms with Gasteiger partial charge >= 0.3 is 0 Å². The molecule has 0 fully saturated rings. The maximum Gasteiger partial charge on any atom is 0.240 e. The molecule has 0 aliphatic heterocycles. The number of hydrogen-bond donors (Lipinski definition) is 1. The summed E-state index contributed by atoms with van der Waals surface area (Å²) < 4.78 is 67.3. The van der Waals surface area contributed by atoms with Gasteiger partial charge < -0.3 is 0 Å². The molecule has 1 unspecified atom stereocenters. The summed E-state index contributed by atoms with van der Waals surface area (Å²) in [6.45, 7) is 1.14. The van der Waals surface area contributed by atoms with E-state index in [9.17, 15) is 21.2 Å². The van der Waals surface area contributed by atoms with Gasteiger partial charge in [0.05, 0.1) is 9.79 Å². The number of nitrogens with one attached hydrogen (secondary N) is 1. The van der Waals surface area contributed by atoms with Crippen LogP contribution in [0.3, 0.4) is 0 Å². The maximum atomic E-state index is 13.3. The summed E-state index contributed by atoms with van der Waals surface area (Å²) in [6, 6.07) is 14.6. The van der Waals surface area contributed by atoms with Gasteiger partial charge in [0.2, 0.25) is 10.0 Å². The fraction of sp³-hybridized carbons (Fsp3) is 0.158. The minimum atomic E-state index is -4.01. The van der Waals surface area contributed by atoms with Crippen LogP contribution < -0.4 is 4.72 Å². The van der Waals surface area contributed by atoms with Crippen LogP contribution in [0.4, 0.5) is 4.39 Å². The highest BCUT2D eigenvalue weighted by atomic mass is 32.2. The Morgan fingerprint density at radius 2 is 1.71 bits per heavy atom. The number of halogens is 1. The summed E-state index contributed by atoms with van der Waals surface area (Å²) in [7, 11) is -7.83. The number of benzene rings is 2. The van der Waals surface area contributed by atoms with E-state index in [0.29, 0.717) is 4.88 Å². The molecule has 0 bridgehead atoms. The predicted molar refractivity (Wildman–Crippen MR) is 107 cm³/mol. The van der Waals surface area contributed by atoms with Gasteiger partial charge in [0.25, 0.3) is 0 Å². The molecule has 3 rings (SSSR count). The van der Waals surface area contributed by atoms with Crippen molar-refractivity contribution in [1.29, 1.82) is 0 Å². The molecule has 0 amide bonds. The Kier molecular flexibility index (Phi) is 5.99. The second kappa shape index (κ2) is 8.12. The molecule has 0 aliphatic rings. The molecule has 0 radical (unpaired) electrons. The maximum absolute atomic E-state index is 13.3. The first-order valence-corrected chi connectivity index (χ1v) is 12.2. The van der Waals surface area contributed by atoms with Crippen molar-refractivity contribution >= 4 is 31.2 Å². The third kappa shape index (κ3) is 4.33. The van der Waals surface area contributed by atoms with Crippen LogP contribution >= 0.6 is 11.3 Å². The Bertz CT molecular complexity index is 1160. The van der Waals surface area contributed by atoms with Gasteiger partial charge in [-0.25, -0.2) is 25.9 Å². The van der Waals surface area contributed by atoms with E-state index in [0.717, 1.165) is 12.1 Å². The molecule has 0 spiro atoms. The average molecular weight is 440 g/mol. The van der Waals surface area contributed by atoms with Crippen LogP contribution in [0, 0.1) is 12.7 Å². The fourth-order valence-corrected chi connectivity index (χ4v) is 6.97. The Morgan fingerprint density at radius 1 is 1.00 bits per heavy atom. The van der Waals surface area contributed by atoms with Crippen molar-refractivity contribution in [3.63, 3.8) is 0 Å². The molecule has 9 heteroatoms. The van der Waals surface area contributed by atoms with Crippen molar-refractivity contribution in [3.8, 4) is 0 Å². The van der Waals surface area contributed by atoms with Crippen molar-refractivity contribution in [2.45, 2.75) is 22.0 Å². The fourth-order valence-electron chi connectivity index (χ4n) is 2.79. The van der Waals surface area contributed by atoms with Gasteiger partial charge in [-0.05, 0) is 54.3 Å². The molecule has 1 aromatic heterocycles. The van der Waals surface area contributed by atoms with E-state index in [4.69, 9.17) is 0 Å². The van der Waals surface area contributed by atoms with Crippen LogP contribution in [0.25, 0.3) is 0 Å². The molecule has 28 heavy (non-hydrogen) atoms. The molecule has 3 aromatic rings. The lowest BCUT2D eigenvalue weighted by Gasteiger charge is -2.18. The van der Waals surface area contributed by atoms with E-state index in [1.54, 1.807) is 35.7 Å². The molecule has 5 nitrogen and oxygen atoms in total. The Labute approximate surface area is 167 Å². The van der Waals surface area contributed by atoms with E-state index < -0.39 is 30.9 Å². The summed E-state index contributed by atoms with van der Waals surface area (Å²) in [4.78, 5) is 0.559. The van der Waals surface area contributed by atoms with Crippen molar-refractivity contribution in [3.05, 3.63) is 82.3 Å². The minimum absolute atomic E-state index is 0.0871. The van der Waals surface area contributed by atoms with Gasteiger partial charge in [-0.2, -0.15) is 0 Å². The SMILES string of the molecule is Cc1cc(F)ccc1S(=O)(=O)NCC(c1cccs1)S(=O)(=O)c1ccccc1. The van der Waals surface area contributed by atoms with Crippen molar-refractivity contribution in [2.24, 2.45) is 0 Å². The Morgan fingerprint density at radius 3 is 2.32 bits per heavy atom. The molecule has 148 valence electrons. The van der Waals surface area contributed by atoms with Crippen LogP contribution in [0.1, 0.15) is 15.7 Å². The van der Waals surface area contributed by atoms with Gasteiger partial charge in [-0.3, -0.25) is 0 Å². The largest absolute Gasteiger partial charge is 0.240 e. The topological polar surface area (TPSA) is 80.3 Å². The smallest absolute Gasteiger partial charge is 0.223 e. The molecular weight excluding hydrogens is 421 g/mol. The van der Waals surface area contributed by atoms with Crippen LogP contribution in [0.2, 0.25) is 0 Å². The standard InChI is InChI=1S/C19H18FNO4S3/c1-14-12-15(20)9-10-18(14)28(24,25)21-13-19(17-8-5-11-26-17)27(22,23)16-6-3-2-4-7-16/h2-12,19,21H,13H2,1H3. The van der Waals surface area contributed by atoms with Crippen molar-refractivity contribution in [1.82, 2.24) is 4.72 Å². The normalized spacial score (nSPS) is 13.4. The third-order valence-electron chi connectivity index (χ3n) is 4.19. The third-order valence-corrected chi connectivity index (χ3v) is 9.01. The zero-order valence-corrected chi connectivity index (χ0v) is 17.3. The summed E-state index contributed by atoms with van der Waals surface area (Å²) in [5.41, 5.74) is 0.242. The van der Waals surface area contributed by atoms with Gasteiger partial charge in [-0.15, -0.1) is 11.3 Å². The number of aryl methyl sites for hydroxylation is 1. The zero-order chi connectivity index (χ0) is 20.4. The van der Waals surface area contributed by atoms with Crippen molar-refractivity contribution < 1.29 is 21.2 Å². The number of sulfonamides is 1. The lowest BCUT2D eigenvalue weighted by atomic mass is 10.2. The first kappa shape index (κ1) is 20.7. The molecule has 0 aliphatic carbocycles. The molecule has 1 heterocycles. The highest BCUT2D eigenvalue weighted by Gasteiger charge is 2.31. The first-order valence-electron chi connectivity index (χ1n) is 8.30. The second-order valence-corrected chi connectivity index (χ2v) is 11.0. The summed E-state index contributed by atoms with van der Waals surface area (Å²) in [5, 5.41) is 0.659. The molecular formula is C19H18FNO4S3. The highest BCUT2D eigenvalue weighted by molar-refractivity contribution is 7.92. The average Bonchev–Trinajstić information content (AvgIpc) is 3.16. The van der Waals surface area contributed by atoms with Crippen LogP contribution in [0.15, 0.2) is 75.8 Å². The lowest BCUT2D eigenvalue weighted by molar-refractivity contribution is 0.569. The quantitative estimate of drug-likeness (QED) is 0.609. The van der Waals surface area contributed by atoms with E-state index >= 15 is 0 Å².